The summed E-state index contributed by atoms with van der Waals surface area (Å²) in [5.41, 5.74) is 0.648. The summed E-state index contributed by atoms with van der Waals surface area (Å²) >= 11 is 0. The standard InChI is InChI=1S/C9H7N3O3S.2Na.2H/c13-16(14,15)8-3-1-7(2-4-8)9-11-5-10-6-12-9;;;;/h1-6H,(H,13,14,15);;;;. The summed E-state index contributed by atoms with van der Waals surface area (Å²) in [6.07, 6.45) is 2.69. The van der Waals surface area contributed by atoms with Crippen molar-refractivity contribution in [2.45, 2.75) is 4.90 Å². The van der Waals surface area contributed by atoms with Gasteiger partial charge in [-0.05, 0) is 24.3 Å². The maximum atomic E-state index is 10.8. The van der Waals surface area contributed by atoms with E-state index >= 15 is 0 Å². The van der Waals surface area contributed by atoms with Gasteiger partial charge >= 0.3 is 59.1 Å². The fourth-order valence-corrected chi connectivity index (χ4v) is 1.64. The van der Waals surface area contributed by atoms with Gasteiger partial charge in [0.25, 0.3) is 10.1 Å². The van der Waals surface area contributed by atoms with Gasteiger partial charge in [0.2, 0.25) is 0 Å². The number of rotatable bonds is 2. The average Bonchev–Trinajstić information content (AvgIpc) is 2.29. The van der Waals surface area contributed by atoms with Crippen LogP contribution in [0.15, 0.2) is 41.8 Å². The summed E-state index contributed by atoms with van der Waals surface area (Å²) < 4.78 is 30.4. The molecular weight excluding hydrogens is 276 g/mol. The van der Waals surface area contributed by atoms with E-state index in [2.05, 4.69) is 15.0 Å². The third kappa shape index (κ3) is 4.67. The zero-order valence-electron chi connectivity index (χ0n) is 7.98. The molecule has 9 heteroatoms. The van der Waals surface area contributed by atoms with Crippen molar-refractivity contribution in [3.63, 3.8) is 0 Å². The van der Waals surface area contributed by atoms with E-state index in [0.717, 1.165) is 0 Å². The maximum absolute atomic E-state index is 10.8. The third-order valence-corrected chi connectivity index (χ3v) is 2.77. The van der Waals surface area contributed by atoms with Crippen LogP contribution in [0.2, 0.25) is 0 Å². The summed E-state index contributed by atoms with van der Waals surface area (Å²) in [6.45, 7) is 0. The second-order valence-corrected chi connectivity index (χ2v) is 4.38. The normalized spacial score (nSPS) is 10.1. The molecule has 1 N–H and O–H groups in total. The summed E-state index contributed by atoms with van der Waals surface area (Å²) in [4.78, 5) is 11.3. The first-order chi connectivity index (χ1) is 7.57. The first-order valence-corrected chi connectivity index (χ1v) is 5.71. The van der Waals surface area contributed by atoms with E-state index in [9.17, 15) is 8.42 Å². The molecule has 0 unspecified atom stereocenters. The van der Waals surface area contributed by atoms with Gasteiger partial charge < -0.3 is 0 Å². The van der Waals surface area contributed by atoms with Crippen LogP contribution in [-0.4, -0.2) is 87.0 Å². The van der Waals surface area contributed by atoms with Gasteiger partial charge in [-0.1, -0.05) is 0 Å². The molecule has 1 heterocycles. The van der Waals surface area contributed by atoms with Crippen molar-refractivity contribution >= 4 is 69.2 Å². The number of nitrogens with zero attached hydrogens (tertiary/aromatic N) is 3. The number of hydrogen-bond acceptors (Lipinski definition) is 5. The number of aromatic nitrogens is 3. The van der Waals surface area contributed by atoms with Crippen molar-refractivity contribution in [3.8, 4) is 11.4 Å². The summed E-state index contributed by atoms with van der Waals surface area (Å²) in [6, 6.07) is 5.60. The van der Waals surface area contributed by atoms with Gasteiger partial charge in [-0.3, -0.25) is 4.55 Å². The first kappa shape index (κ1) is 18.1. The Morgan fingerprint density at radius 1 is 0.944 bits per heavy atom. The van der Waals surface area contributed by atoms with Crippen LogP contribution in [0, 0.1) is 0 Å². The van der Waals surface area contributed by atoms with Crippen molar-refractivity contribution < 1.29 is 13.0 Å². The molecule has 0 amide bonds. The van der Waals surface area contributed by atoms with Crippen LogP contribution < -0.4 is 0 Å². The second-order valence-electron chi connectivity index (χ2n) is 2.96. The van der Waals surface area contributed by atoms with Crippen LogP contribution in [0.1, 0.15) is 0 Å². The Morgan fingerprint density at radius 2 is 1.44 bits per heavy atom. The number of hydrogen-bond donors (Lipinski definition) is 1. The SMILES string of the molecule is O=S(=O)(O)c1ccc(-c2ncncn2)cc1.[NaH].[NaH]. The van der Waals surface area contributed by atoms with Gasteiger partial charge in [-0.2, -0.15) is 8.42 Å². The molecule has 0 fully saturated rings. The molecule has 2 aromatic rings. The van der Waals surface area contributed by atoms with E-state index in [0.29, 0.717) is 11.4 Å². The van der Waals surface area contributed by atoms with Gasteiger partial charge in [0.1, 0.15) is 12.7 Å². The zero-order valence-corrected chi connectivity index (χ0v) is 8.79. The van der Waals surface area contributed by atoms with Crippen LogP contribution in [0.25, 0.3) is 11.4 Å². The molecule has 0 spiro atoms. The summed E-state index contributed by atoms with van der Waals surface area (Å²) in [7, 11) is -4.15. The van der Waals surface area contributed by atoms with Crippen LogP contribution in [0.3, 0.4) is 0 Å². The van der Waals surface area contributed by atoms with Crippen molar-refractivity contribution in [2.75, 3.05) is 0 Å². The van der Waals surface area contributed by atoms with Gasteiger partial charge in [0, 0.05) is 5.56 Å². The van der Waals surface area contributed by atoms with Crippen LogP contribution in [-0.2, 0) is 10.1 Å². The molecular formula is C9H9N3Na2O3S. The minimum atomic E-state index is -4.15. The van der Waals surface area contributed by atoms with E-state index < -0.39 is 10.1 Å². The van der Waals surface area contributed by atoms with E-state index in [4.69, 9.17) is 4.55 Å². The Kier molecular flexibility index (Phi) is 7.72. The van der Waals surface area contributed by atoms with Crippen molar-refractivity contribution in [1.82, 2.24) is 15.0 Å². The molecule has 0 aliphatic rings. The molecule has 6 nitrogen and oxygen atoms in total. The predicted octanol–water partition coefficient (Wildman–Crippen LogP) is -0.512. The Morgan fingerprint density at radius 3 is 1.89 bits per heavy atom. The van der Waals surface area contributed by atoms with E-state index in [1.165, 1.54) is 36.9 Å². The van der Waals surface area contributed by atoms with Crippen LogP contribution in [0.4, 0.5) is 0 Å². The van der Waals surface area contributed by atoms with Crippen molar-refractivity contribution in [2.24, 2.45) is 0 Å². The van der Waals surface area contributed by atoms with Gasteiger partial charge in [-0.15, -0.1) is 0 Å². The average molecular weight is 285 g/mol. The Labute approximate surface area is 149 Å². The zero-order chi connectivity index (χ0) is 11.6. The summed E-state index contributed by atoms with van der Waals surface area (Å²) in [5, 5.41) is 0. The van der Waals surface area contributed by atoms with E-state index in [-0.39, 0.29) is 64.0 Å². The van der Waals surface area contributed by atoms with Crippen LogP contribution >= 0.6 is 0 Å². The molecule has 18 heavy (non-hydrogen) atoms. The molecule has 0 bridgehead atoms. The van der Waals surface area contributed by atoms with Crippen LogP contribution in [0.5, 0.6) is 0 Å². The molecule has 0 aliphatic heterocycles. The monoisotopic (exact) mass is 285 g/mol. The molecule has 0 saturated heterocycles. The topological polar surface area (TPSA) is 93.0 Å². The Balaban J connectivity index is 0.00000144. The van der Waals surface area contributed by atoms with Gasteiger partial charge in [0.05, 0.1) is 4.90 Å². The molecule has 2 rings (SSSR count). The summed E-state index contributed by atoms with van der Waals surface area (Å²) in [5.74, 6) is 0.442. The molecule has 1 aromatic carbocycles. The van der Waals surface area contributed by atoms with Gasteiger partial charge in [0.15, 0.2) is 5.82 Å². The third-order valence-electron chi connectivity index (χ3n) is 1.90. The second kappa shape index (κ2) is 7.66. The molecule has 86 valence electrons. The Hall–Kier alpha value is 0.140. The number of benzene rings is 1. The molecule has 0 radical (unpaired) electrons. The van der Waals surface area contributed by atoms with Crippen molar-refractivity contribution in [3.05, 3.63) is 36.9 Å². The van der Waals surface area contributed by atoms with E-state index in [1.54, 1.807) is 0 Å². The molecule has 0 aliphatic carbocycles. The fraction of sp³-hybridized carbons (Fsp3) is 0. The Bertz CT molecular complexity index is 590. The predicted molar refractivity (Wildman–Crippen MR) is 69.4 cm³/mol. The fourth-order valence-electron chi connectivity index (χ4n) is 1.16. The van der Waals surface area contributed by atoms with E-state index in [1.807, 2.05) is 0 Å². The first-order valence-electron chi connectivity index (χ1n) is 4.27. The molecule has 0 atom stereocenters. The van der Waals surface area contributed by atoms with Gasteiger partial charge in [-0.25, -0.2) is 15.0 Å². The molecule has 1 aromatic heterocycles. The van der Waals surface area contributed by atoms with Crippen molar-refractivity contribution in [1.29, 1.82) is 0 Å². The minimum absolute atomic E-state index is 0. The quantitative estimate of drug-likeness (QED) is 0.590. The molecule has 0 saturated carbocycles.